The molecule has 0 bridgehead atoms. The van der Waals surface area contributed by atoms with Gasteiger partial charge in [0.15, 0.2) is 0 Å². The molecule has 7 N–H and O–H groups in total. The van der Waals surface area contributed by atoms with E-state index in [9.17, 15) is 24.0 Å². The average Bonchev–Trinajstić information content (AvgIpc) is 2.47. The summed E-state index contributed by atoms with van der Waals surface area (Å²) in [7, 11) is 0. The van der Waals surface area contributed by atoms with Crippen molar-refractivity contribution in [2.75, 3.05) is 13.1 Å². The predicted molar refractivity (Wildman–Crippen MR) is 76.1 cm³/mol. The molecule has 11 heteroatoms. The molecule has 0 aromatic rings. The van der Waals surface area contributed by atoms with E-state index in [0.717, 1.165) is 0 Å². The fourth-order valence-electron chi connectivity index (χ4n) is 1.38. The van der Waals surface area contributed by atoms with Crippen LogP contribution in [0.4, 0.5) is 0 Å². The van der Waals surface area contributed by atoms with Gasteiger partial charge in [-0.15, -0.1) is 0 Å². The molecule has 0 fully saturated rings. The first-order valence-electron chi connectivity index (χ1n) is 6.67. The van der Waals surface area contributed by atoms with Gasteiger partial charge in [0, 0.05) is 6.42 Å². The molecule has 0 saturated carbocycles. The van der Waals surface area contributed by atoms with Crippen LogP contribution in [0.15, 0.2) is 0 Å². The minimum Gasteiger partial charge on any atom is -0.481 e. The Morgan fingerprint density at radius 1 is 0.957 bits per heavy atom. The Morgan fingerprint density at radius 2 is 1.52 bits per heavy atom. The van der Waals surface area contributed by atoms with Gasteiger partial charge in [-0.2, -0.15) is 0 Å². The molecule has 0 aromatic heterocycles. The Kier molecular flexibility index (Phi) is 8.92. The van der Waals surface area contributed by atoms with E-state index >= 15 is 0 Å². The monoisotopic (exact) mass is 332 g/mol. The highest BCUT2D eigenvalue weighted by molar-refractivity contribution is 5.91. The maximum absolute atomic E-state index is 11.5. The lowest BCUT2D eigenvalue weighted by Crippen LogP contribution is -2.50. The molecule has 11 nitrogen and oxygen atoms in total. The lowest BCUT2D eigenvalue weighted by atomic mass is 10.1. The van der Waals surface area contributed by atoms with Gasteiger partial charge in [0.05, 0.1) is 12.6 Å². The summed E-state index contributed by atoms with van der Waals surface area (Å²) < 4.78 is 0. The Morgan fingerprint density at radius 3 is 2.04 bits per heavy atom. The third-order valence-electron chi connectivity index (χ3n) is 2.61. The van der Waals surface area contributed by atoms with Crippen molar-refractivity contribution in [3.8, 4) is 0 Å². The molecule has 0 saturated heterocycles. The van der Waals surface area contributed by atoms with Crippen LogP contribution in [-0.2, 0) is 24.0 Å². The van der Waals surface area contributed by atoms with E-state index in [4.69, 9.17) is 15.9 Å². The standard InChI is InChI=1S/C12H20N4O7/c1-6(11(22)15-5-10(20)21)16-8(17)4-14-12(23)7(13)2-3-9(18)19/h6-7H,2-5,13H2,1H3,(H,14,23)(H,15,22)(H,16,17)(H,18,19)(H,20,21). The van der Waals surface area contributed by atoms with Crippen LogP contribution >= 0.6 is 0 Å². The number of carbonyl (C=O) groups excluding carboxylic acids is 3. The molecular weight excluding hydrogens is 312 g/mol. The minimum absolute atomic E-state index is 0.0726. The van der Waals surface area contributed by atoms with Crippen molar-refractivity contribution in [1.82, 2.24) is 16.0 Å². The first-order chi connectivity index (χ1) is 10.6. The van der Waals surface area contributed by atoms with E-state index in [0.29, 0.717) is 0 Å². The predicted octanol–water partition coefficient (Wildman–Crippen LogP) is -3.00. The molecule has 0 aromatic carbocycles. The molecule has 2 unspecified atom stereocenters. The maximum Gasteiger partial charge on any atom is 0.322 e. The molecule has 2 atom stereocenters. The molecule has 130 valence electrons. The largest absolute Gasteiger partial charge is 0.481 e. The zero-order chi connectivity index (χ0) is 18.0. The van der Waals surface area contributed by atoms with Gasteiger partial charge in [-0.3, -0.25) is 24.0 Å². The number of carbonyl (C=O) groups is 5. The summed E-state index contributed by atoms with van der Waals surface area (Å²) in [5, 5.41) is 23.4. The van der Waals surface area contributed by atoms with Gasteiger partial charge in [-0.05, 0) is 13.3 Å². The van der Waals surface area contributed by atoms with Crippen LogP contribution in [0.5, 0.6) is 0 Å². The molecule has 0 heterocycles. The highest BCUT2D eigenvalue weighted by Gasteiger charge is 2.18. The first kappa shape index (κ1) is 20.3. The fourth-order valence-corrected chi connectivity index (χ4v) is 1.38. The van der Waals surface area contributed by atoms with Gasteiger partial charge in [-0.1, -0.05) is 0 Å². The van der Waals surface area contributed by atoms with E-state index in [-0.39, 0.29) is 12.8 Å². The number of hydrogen-bond acceptors (Lipinski definition) is 6. The smallest absolute Gasteiger partial charge is 0.322 e. The highest BCUT2D eigenvalue weighted by atomic mass is 16.4. The average molecular weight is 332 g/mol. The van der Waals surface area contributed by atoms with E-state index < -0.39 is 54.8 Å². The van der Waals surface area contributed by atoms with E-state index in [2.05, 4.69) is 16.0 Å². The van der Waals surface area contributed by atoms with Crippen molar-refractivity contribution in [2.24, 2.45) is 5.73 Å². The third-order valence-corrected chi connectivity index (χ3v) is 2.61. The van der Waals surface area contributed by atoms with E-state index in [1.807, 2.05) is 0 Å². The molecule has 0 aliphatic rings. The van der Waals surface area contributed by atoms with Crippen LogP contribution in [0.25, 0.3) is 0 Å². The second-order valence-electron chi connectivity index (χ2n) is 4.66. The normalized spacial score (nSPS) is 12.6. The van der Waals surface area contributed by atoms with Crippen LogP contribution in [-0.4, -0.2) is 65.0 Å². The fraction of sp³-hybridized carbons (Fsp3) is 0.583. The summed E-state index contributed by atoms with van der Waals surface area (Å²) in [4.78, 5) is 55.1. The van der Waals surface area contributed by atoms with Crippen LogP contribution in [0.3, 0.4) is 0 Å². The quantitative estimate of drug-likeness (QED) is 0.244. The van der Waals surface area contributed by atoms with Crippen molar-refractivity contribution in [3.63, 3.8) is 0 Å². The van der Waals surface area contributed by atoms with Gasteiger partial charge in [0.2, 0.25) is 17.7 Å². The van der Waals surface area contributed by atoms with Gasteiger partial charge in [0.1, 0.15) is 12.6 Å². The van der Waals surface area contributed by atoms with E-state index in [1.54, 1.807) is 0 Å². The van der Waals surface area contributed by atoms with E-state index in [1.165, 1.54) is 6.92 Å². The van der Waals surface area contributed by atoms with Gasteiger partial charge in [0.25, 0.3) is 0 Å². The number of carboxylic acids is 2. The number of carboxylic acid groups (broad SMARTS) is 2. The Hall–Kier alpha value is -2.69. The topological polar surface area (TPSA) is 188 Å². The zero-order valence-electron chi connectivity index (χ0n) is 12.5. The number of nitrogens with two attached hydrogens (primary N) is 1. The number of nitrogens with one attached hydrogen (secondary N) is 3. The summed E-state index contributed by atoms with van der Waals surface area (Å²) in [5.74, 6) is -4.37. The van der Waals surface area contributed by atoms with Crippen molar-refractivity contribution in [3.05, 3.63) is 0 Å². The van der Waals surface area contributed by atoms with Crippen molar-refractivity contribution in [1.29, 1.82) is 0 Å². The summed E-state index contributed by atoms with van der Waals surface area (Å²) in [6.45, 7) is 0.319. The number of rotatable bonds is 10. The highest BCUT2D eigenvalue weighted by Crippen LogP contribution is 1.94. The molecule has 3 amide bonds. The molecule has 0 rings (SSSR count). The van der Waals surface area contributed by atoms with Crippen LogP contribution in [0.2, 0.25) is 0 Å². The van der Waals surface area contributed by atoms with Gasteiger partial charge < -0.3 is 31.9 Å². The molecule has 0 aliphatic heterocycles. The summed E-state index contributed by atoms with van der Waals surface area (Å²) in [5.41, 5.74) is 5.44. The minimum atomic E-state index is -1.22. The Balaban J connectivity index is 4.09. The first-order valence-corrected chi connectivity index (χ1v) is 6.67. The third kappa shape index (κ3) is 9.79. The molecule has 23 heavy (non-hydrogen) atoms. The van der Waals surface area contributed by atoms with Gasteiger partial charge in [-0.25, -0.2) is 0 Å². The van der Waals surface area contributed by atoms with Crippen molar-refractivity contribution < 1.29 is 34.2 Å². The second-order valence-corrected chi connectivity index (χ2v) is 4.66. The number of aliphatic carboxylic acids is 2. The van der Waals surface area contributed by atoms with Crippen LogP contribution in [0.1, 0.15) is 19.8 Å². The maximum atomic E-state index is 11.5. The lowest BCUT2D eigenvalue weighted by Gasteiger charge is -2.15. The lowest BCUT2D eigenvalue weighted by molar-refractivity contribution is -0.138. The molecule has 0 radical (unpaired) electrons. The summed E-state index contributed by atoms with van der Waals surface area (Å²) in [6, 6.07) is -2.05. The summed E-state index contributed by atoms with van der Waals surface area (Å²) in [6.07, 6.45) is -0.349. The number of amides is 3. The Labute approximate surface area is 131 Å². The van der Waals surface area contributed by atoms with Crippen LogP contribution in [0, 0.1) is 0 Å². The summed E-state index contributed by atoms with van der Waals surface area (Å²) >= 11 is 0. The van der Waals surface area contributed by atoms with Crippen LogP contribution < -0.4 is 21.7 Å². The van der Waals surface area contributed by atoms with Gasteiger partial charge >= 0.3 is 11.9 Å². The Bertz CT molecular complexity index is 480. The van der Waals surface area contributed by atoms with Crippen molar-refractivity contribution >= 4 is 29.7 Å². The zero-order valence-corrected chi connectivity index (χ0v) is 12.5. The molecule has 0 aliphatic carbocycles. The molecule has 0 spiro atoms. The van der Waals surface area contributed by atoms with Crippen molar-refractivity contribution in [2.45, 2.75) is 31.8 Å². The number of hydrogen-bond donors (Lipinski definition) is 6. The molecular formula is C12H20N4O7. The second kappa shape index (κ2) is 10.1. The SMILES string of the molecule is CC(NC(=O)CNC(=O)C(N)CCC(=O)O)C(=O)NCC(=O)O.